The summed E-state index contributed by atoms with van der Waals surface area (Å²) in [5.74, 6) is -0.871. The Hall–Kier alpha value is -4.60. The maximum atomic E-state index is 12.8. The number of halogens is 3. The van der Waals surface area contributed by atoms with Gasteiger partial charge in [0.2, 0.25) is 5.95 Å². The van der Waals surface area contributed by atoms with Crippen LogP contribution in [0.15, 0.2) is 95.3 Å². The topological polar surface area (TPSA) is 99.8 Å². The second kappa shape index (κ2) is 9.49. The van der Waals surface area contributed by atoms with Crippen LogP contribution < -0.4 is 5.32 Å². The third-order valence-corrected chi connectivity index (χ3v) is 4.67. The quantitative estimate of drug-likeness (QED) is 0.299. The van der Waals surface area contributed by atoms with E-state index in [0.717, 1.165) is 12.1 Å². The van der Waals surface area contributed by atoms with Gasteiger partial charge in [0.05, 0.1) is 28.2 Å². The number of hydrogen-bond acceptors (Lipinski definition) is 6. The Morgan fingerprint density at radius 2 is 1.68 bits per heavy atom. The summed E-state index contributed by atoms with van der Waals surface area (Å²) in [6.07, 6.45) is -2.90. The molecule has 7 nitrogen and oxygen atoms in total. The van der Waals surface area contributed by atoms with E-state index in [-0.39, 0.29) is 11.5 Å². The fourth-order valence-electron chi connectivity index (χ4n) is 3.03. The second-order valence-corrected chi connectivity index (χ2v) is 7.04. The number of rotatable bonds is 6. The Morgan fingerprint density at radius 1 is 0.912 bits per heavy atom. The van der Waals surface area contributed by atoms with Gasteiger partial charge < -0.3 is 10.4 Å². The first-order chi connectivity index (χ1) is 16.3. The fourth-order valence-corrected chi connectivity index (χ4v) is 3.03. The molecule has 0 radical (unpaired) electrons. The van der Waals surface area contributed by atoms with Crippen molar-refractivity contribution >= 4 is 29.0 Å². The molecule has 0 saturated heterocycles. The van der Waals surface area contributed by atoms with Crippen molar-refractivity contribution in [1.82, 2.24) is 9.97 Å². The van der Waals surface area contributed by atoms with Gasteiger partial charge >= 0.3 is 12.1 Å². The Balaban J connectivity index is 1.58. The lowest BCUT2D eigenvalue weighted by atomic mass is 10.1. The molecule has 0 aliphatic heterocycles. The van der Waals surface area contributed by atoms with Gasteiger partial charge in [-0.15, -0.1) is 5.11 Å². The minimum atomic E-state index is -4.41. The number of aromatic carboxylic acids is 1. The Morgan fingerprint density at radius 3 is 2.41 bits per heavy atom. The molecule has 1 heterocycles. The van der Waals surface area contributed by atoms with Crippen molar-refractivity contribution in [3.05, 3.63) is 96.2 Å². The van der Waals surface area contributed by atoms with Crippen LogP contribution in [0, 0.1) is 0 Å². The van der Waals surface area contributed by atoms with E-state index in [1.807, 2.05) is 0 Å². The fraction of sp³-hybridized carbons (Fsp3) is 0.0417. The third-order valence-electron chi connectivity index (χ3n) is 4.67. The maximum Gasteiger partial charge on any atom is 0.416 e. The largest absolute Gasteiger partial charge is 0.478 e. The molecule has 34 heavy (non-hydrogen) atoms. The van der Waals surface area contributed by atoms with Crippen molar-refractivity contribution < 1.29 is 23.1 Å². The zero-order valence-electron chi connectivity index (χ0n) is 17.4. The van der Waals surface area contributed by atoms with Crippen molar-refractivity contribution in [1.29, 1.82) is 0 Å². The van der Waals surface area contributed by atoms with E-state index in [1.54, 1.807) is 42.5 Å². The molecule has 0 spiro atoms. The van der Waals surface area contributed by atoms with E-state index in [4.69, 9.17) is 5.11 Å². The Kier molecular flexibility index (Phi) is 6.30. The van der Waals surface area contributed by atoms with Crippen LogP contribution in [0.3, 0.4) is 0 Å². The molecule has 10 heteroatoms. The molecule has 0 aliphatic carbocycles. The Labute approximate surface area is 191 Å². The van der Waals surface area contributed by atoms with Crippen LogP contribution >= 0.6 is 0 Å². The lowest BCUT2D eigenvalue weighted by molar-refractivity contribution is -0.137. The van der Waals surface area contributed by atoms with E-state index in [2.05, 4.69) is 25.5 Å². The van der Waals surface area contributed by atoms with Gasteiger partial charge in [0.1, 0.15) is 0 Å². The Bertz CT molecular complexity index is 1360. The molecular weight excluding hydrogens is 447 g/mol. The van der Waals surface area contributed by atoms with Gasteiger partial charge in [-0.05, 0) is 54.6 Å². The molecule has 0 saturated carbocycles. The van der Waals surface area contributed by atoms with Gasteiger partial charge in [0.15, 0.2) is 0 Å². The molecule has 0 atom stereocenters. The first-order valence-corrected chi connectivity index (χ1v) is 9.91. The summed E-state index contributed by atoms with van der Waals surface area (Å²) in [7, 11) is 0. The van der Waals surface area contributed by atoms with Gasteiger partial charge in [-0.3, -0.25) is 0 Å². The predicted molar refractivity (Wildman–Crippen MR) is 120 cm³/mol. The number of aromatic nitrogens is 2. The van der Waals surface area contributed by atoms with Gasteiger partial charge in [-0.1, -0.05) is 24.3 Å². The number of azo groups is 1. The summed E-state index contributed by atoms with van der Waals surface area (Å²) in [6, 6.07) is 19.4. The smallest absolute Gasteiger partial charge is 0.416 e. The molecule has 2 N–H and O–H groups in total. The van der Waals surface area contributed by atoms with Crippen LogP contribution in [0.5, 0.6) is 0 Å². The number of hydrogen-bond donors (Lipinski definition) is 2. The number of carboxylic acid groups (broad SMARTS) is 1. The van der Waals surface area contributed by atoms with E-state index in [0.29, 0.717) is 28.3 Å². The zero-order chi connectivity index (χ0) is 24.1. The molecule has 3 aromatic carbocycles. The van der Waals surface area contributed by atoms with E-state index in [9.17, 15) is 18.0 Å². The summed E-state index contributed by atoms with van der Waals surface area (Å²) in [6.45, 7) is 0. The number of anilines is 2. The average Bonchev–Trinajstić information content (AvgIpc) is 2.83. The van der Waals surface area contributed by atoms with Crippen molar-refractivity contribution in [2.24, 2.45) is 10.2 Å². The number of carbonyl (C=O) groups is 1. The summed E-state index contributed by atoms with van der Waals surface area (Å²) in [5.41, 5.74) is 1.76. The van der Waals surface area contributed by atoms with Crippen molar-refractivity contribution in [3.63, 3.8) is 0 Å². The van der Waals surface area contributed by atoms with E-state index < -0.39 is 17.7 Å². The number of benzene rings is 3. The van der Waals surface area contributed by atoms with Crippen molar-refractivity contribution in [2.75, 3.05) is 5.32 Å². The van der Waals surface area contributed by atoms with Crippen LogP contribution in [0.2, 0.25) is 0 Å². The summed E-state index contributed by atoms with van der Waals surface area (Å²) < 4.78 is 38.3. The lowest BCUT2D eigenvalue weighted by Gasteiger charge is -2.10. The highest BCUT2D eigenvalue weighted by atomic mass is 19.4. The normalized spacial score (nSPS) is 11.5. The number of nitrogens with one attached hydrogen (secondary N) is 1. The van der Waals surface area contributed by atoms with Gasteiger partial charge in [0, 0.05) is 17.4 Å². The molecule has 0 bridgehead atoms. The van der Waals surface area contributed by atoms with Crippen molar-refractivity contribution in [3.8, 4) is 11.3 Å². The first kappa shape index (κ1) is 22.6. The number of alkyl halides is 3. The molecule has 0 unspecified atom stereocenters. The monoisotopic (exact) mass is 463 g/mol. The minimum absolute atomic E-state index is 0.0968. The highest BCUT2D eigenvalue weighted by Gasteiger charge is 2.29. The highest BCUT2D eigenvalue weighted by Crippen LogP contribution is 2.32. The van der Waals surface area contributed by atoms with Gasteiger partial charge in [-0.2, -0.15) is 18.3 Å². The molecule has 0 amide bonds. The molecule has 4 rings (SSSR count). The molecule has 0 aliphatic rings. The minimum Gasteiger partial charge on any atom is -0.478 e. The summed E-state index contributed by atoms with van der Waals surface area (Å²) in [5, 5.41) is 20.4. The van der Waals surface area contributed by atoms with Crippen LogP contribution in [-0.2, 0) is 6.18 Å². The third kappa shape index (κ3) is 5.41. The van der Waals surface area contributed by atoms with Gasteiger partial charge in [-0.25, -0.2) is 14.8 Å². The van der Waals surface area contributed by atoms with Crippen LogP contribution in [0.1, 0.15) is 15.9 Å². The molecule has 170 valence electrons. The number of nitrogens with zero attached hydrogens (tertiary/aromatic N) is 4. The average molecular weight is 463 g/mol. The van der Waals surface area contributed by atoms with Crippen LogP contribution in [0.4, 0.5) is 36.2 Å². The van der Waals surface area contributed by atoms with Gasteiger partial charge in [0.25, 0.3) is 0 Å². The van der Waals surface area contributed by atoms with E-state index >= 15 is 0 Å². The zero-order valence-corrected chi connectivity index (χ0v) is 17.4. The number of carboxylic acids is 1. The summed E-state index contributed by atoms with van der Waals surface area (Å²) >= 11 is 0. The van der Waals surface area contributed by atoms with Crippen LogP contribution in [-0.4, -0.2) is 21.0 Å². The lowest BCUT2D eigenvalue weighted by Crippen LogP contribution is -2.04. The van der Waals surface area contributed by atoms with Crippen molar-refractivity contribution in [2.45, 2.75) is 6.18 Å². The summed E-state index contributed by atoms with van der Waals surface area (Å²) in [4.78, 5) is 19.7. The molecule has 0 fully saturated rings. The SMILES string of the molecule is O=C(O)c1cccc(/N=N/c2ccccc2-c2ccnc(Nc3ccc(C(F)(F)F)cc3)n2)c1. The molecule has 4 aromatic rings. The van der Waals surface area contributed by atoms with Crippen LogP contribution in [0.25, 0.3) is 11.3 Å². The van der Waals surface area contributed by atoms with E-state index in [1.165, 1.54) is 30.5 Å². The molecule has 1 aromatic heterocycles. The maximum absolute atomic E-state index is 12.8. The second-order valence-electron chi connectivity index (χ2n) is 7.04. The first-order valence-electron chi connectivity index (χ1n) is 9.91. The highest BCUT2D eigenvalue weighted by molar-refractivity contribution is 5.88. The standard InChI is InChI=1S/C24H16F3N5O2/c25-24(26,27)16-8-10-17(11-9-16)29-23-28-13-12-20(30-23)19-6-1-2-7-21(19)32-31-18-5-3-4-15(14-18)22(33)34/h1-14H,(H,33,34)(H,28,29,30)/b32-31+. The predicted octanol–water partition coefficient (Wildman–Crippen LogP) is 7.02. The molecular formula is C24H16F3N5O2.